The molecule has 2 aliphatic rings. The number of H-pyrrole nitrogens is 1. The Morgan fingerprint density at radius 2 is 2.00 bits per heavy atom. The standard InChI is InChI=1S/C23H25N5O3/c1-2-22(30)28-13-17(20(14-28)27-7-9-31-10-8-27)18-11-15-12-19(25-26-23(15)24-18)16-5-3-4-6-21(16)29/h2-6,11-12,17,20,29H,1,7-10,13-14H2,(H,24,26). The molecule has 8 heteroatoms. The van der Waals surface area contributed by atoms with Crippen LogP contribution < -0.4 is 0 Å². The number of aromatic hydroxyl groups is 1. The Morgan fingerprint density at radius 3 is 2.77 bits per heavy atom. The Morgan fingerprint density at radius 1 is 1.19 bits per heavy atom. The Labute approximate surface area is 180 Å². The number of fused-ring (bicyclic) bond motifs is 1. The number of aromatic nitrogens is 3. The SMILES string of the molecule is C=CC(=O)N1CC(c2cc3cc(-c4ccccc4O)nnc3[nH]2)C(N2CCOCC2)C1. The maximum Gasteiger partial charge on any atom is 0.246 e. The number of phenolic OH excluding ortho intramolecular Hbond substituents is 1. The summed E-state index contributed by atoms with van der Waals surface area (Å²) in [5.41, 5.74) is 3.00. The van der Waals surface area contributed by atoms with E-state index in [1.54, 1.807) is 12.1 Å². The molecule has 1 amide bonds. The van der Waals surface area contributed by atoms with Crippen molar-refractivity contribution >= 4 is 16.9 Å². The van der Waals surface area contributed by atoms with Crippen molar-refractivity contribution in [3.05, 3.63) is 54.7 Å². The Kier molecular flexibility index (Phi) is 5.17. The Hall–Kier alpha value is -3.23. The smallest absolute Gasteiger partial charge is 0.246 e. The van der Waals surface area contributed by atoms with E-state index in [1.807, 2.05) is 23.1 Å². The number of aromatic amines is 1. The van der Waals surface area contributed by atoms with Gasteiger partial charge in [-0.1, -0.05) is 18.7 Å². The number of hydrogen-bond donors (Lipinski definition) is 2. The number of phenols is 1. The zero-order chi connectivity index (χ0) is 21.4. The lowest BCUT2D eigenvalue weighted by Gasteiger charge is -2.34. The van der Waals surface area contributed by atoms with Crippen molar-refractivity contribution in [1.29, 1.82) is 0 Å². The van der Waals surface area contributed by atoms with Gasteiger partial charge in [0.05, 0.1) is 18.9 Å². The van der Waals surface area contributed by atoms with Crippen molar-refractivity contribution in [2.45, 2.75) is 12.0 Å². The van der Waals surface area contributed by atoms with E-state index >= 15 is 0 Å². The number of carbonyl (C=O) groups is 1. The summed E-state index contributed by atoms with van der Waals surface area (Å²) in [7, 11) is 0. The van der Waals surface area contributed by atoms with Gasteiger partial charge in [0.25, 0.3) is 0 Å². The van der Waals surface area contributed by atoms with E-state index in [1.165, 1.54) is 6.08 Å². The van der Waals surface area contributed by atoms with Gasteiger partial charge >= 0.3 is 0 Å². The van der Waals surface area contributed by atoms with Crippen molar-refractivity contribution in [2.24, 2.45) is 0 Å². The Balaban J connectivity index is 1.49. The molecule has 31 heavy (non-hydrogen) atoms. The first-order valence-electron chi connectivity index (χ1n) is 10.5. The molecule has 2 unspecified atom stereocenters. The third kappa shape index (κ3) is 3.68. The number of nitrogens with zero attached hydrogens (tertiary/aromatic N) is 4. The number of morpholine rings is 1. The molecule has 0 bridgehead atoms. The summed E-state index contributed by atoms with van der Waals surface area (Å²) in [6.07, 6.45) is 1.38. The molecule has 1 aromatic carbocycles. The molecule has 2 aliphatic heterocycles. The highest BCUT2D eigenvalue weighted by atomic mass is 16.5. The van der Waals surface area contributed by atoms with Crippen LogP contribution in [0.4, 0.5) is 0 Å². The van der Waals surface area contributed by atoms with Crippen LogP contribution in [0, 0.1) is 0 Å². The number of amides is 1. The van der Waals surface area contributed by atoms with Crippen LogP contribution in [0.5, 0.6) is 5.75 Å². The number of ether oxygens (including phenoxy) is 1. The summed E-state index contributed by atoms with van der Waals surface area (Å²) in [6.45, 7) is 8.07. The second-order valence-electron chi connectivity index (χ2n) is 8.04. The topological polar surface area (TPSA) is 94.6 Å². The summed E-state index contributed by atoms with van der Waals surface area (Å²) < 4.78 is 5.52. The lowest BCUT2D eigenvalue weighted by Crippen LogP contribution is -2.47. The summed E-state index contributed by atoms with van der Waals surface area (Å²) in [5, 5.41) is 19.7. The van der Waals surface area contributed by atoms with E-state index in [9.17, 15) is 9.90 Å². The number of para-hydroxylation sites is 1. The molecular weight excluding hydrogens is 394 g/mol. The van der Waals surface area contributed by atoms with Crippen molar-refractivity contribution in [2.75, 3.05) is 39.4 Å². The Bertz CT molecular complexity index is 1120. The summed E-state index contributed by atoms with van der Waals surface area (Å²) in [4.78, 5) is 20.0. The number of hydrogen-bond acceptors (Lipinski definition) is 6. The van der Waals surface area contributed by atoms with Crippen LogP contribution in [0.2, 0.25) is 0 Å². The van der Waals surface area contributed by atoms with Crippen molar-refractivity contribution in [3.63, 3.8) is 0 Å². The molecule has 2 saturated heterocycles. The largest absolute Gasteiger partial charge is 0.507 e. The monoisotopic (exact) mass is 419 g/mol. The van der Waals surface area contributed by atoms with Crippen LogP contribution in [-0.4, -0.2) is 81.4 Å². The minimum Gasteiger partial charge on any atom is -0.507 e. The fourth-order valence-electron chi connectivity index (χ4n) is 4.66. The summed E-state index contributed by atoms with van der Waals surface area (Å²) in [5.74, 6) is 0.261. The third-order valence-electron chi connectivity index (χ3n) is 6.27. The van der Waals surface area contributed by atoms with Gasteiger partial charge < -0.3 is 19.7 Å². The molecule has 0 spiro atoms. The third-order valence-corrected chi connectivity index (χ3v) is 6.27. The molecule has 0 aliphatic carbocycles. The average molecular weight is 419 g/mol. The molecule has 8 nitrogen and oxygen atoms in total. The van der Waals surface area contributed by atoms with Crippen LogP contribution in [0.3, 0.4) is 0 Å². The summed E-state index contributed by atoms with van der Waals surface area (Å²) in [6, 6.07) is 11.3. The van der Waals surface area contributed by atoms with Crippen molar-refractivity contribution < 1.29 is 14.6 Å². The van der Waals surface area contributed by atoms with Crippen LogP contribution in [-0.2, 0) is 9.53 Å². The average Bonchev–Trinajstić information content (AvgIpc) is 3.43. The molecule has 0 radical (unpaired) electrons. The van der Waals surface area contributed by atoms with Gasteiger partial charge in [-0.3, -0.25) is 9.69 Å². The van der Waals surface area contributed by atoms with Gasteiger partial charge in [-0.25, -0.2) is 0 Å². The number of likely N-dealkylation sites (tertiary alicyclic amines) is 1. The predicted molar refractivity (Wildman–Crippen MR) is 117 cm³/mol. The molecule has 2 aromatic heterocycles. The molecule has 0 saturated carbocycles. The maximum atomic E-state index is 12.3. The normalized spacial score (nSPS) is 22.1. The van der Waals surface area contributed by atoms with Gasteiger partial charge in [-0.15, -0.1) is 10.2 Å². The number of carbonyl (C=O) groups excluding carboxylic acids is 1. The number of rotatable bonds is 4. The van der Waals surface area contributed by atoms with Crippen molar-refractivity contribution in [3.8, 4) is 17.0 Å². The maximum absolute atomic E-state index is 12.3. The highest BCUT2D eigenvalue weighted by molar-refractivity contribution is 5.87. The fraction of sp³-hybridized carbons (Fsp3) is 0.348. The van der Waals surface area contributed by atoms with Gasteiger partial charge in [0, 0.05) is 54.8 Å². The predicted octanol–water partition coefficient (Wildman–Crippen LogP) is 2.14. The highest BCUT2D eigenvalue weighted by Gasteiger charge is 2.40. The van der Waals surface area contributed by atoms with E-state index in [-0.39, 0.29) is 23.6 Å². The molecule has 2 fully saturated rings. The second kappa shape index (κ2) is 8.13. The van der Waals surface area contributed by atoms with Crippen LogP contribution >= 0.6 is 0 Å². The lowest BCUT2D eigenvalue weighted by molar-refractivity contribution is -0.125. The minimum atomic E-state index is -0.0431. The molecule has 160 valence electrons. The quantitative estimate of drug-likeness (QED) is 0.630. The zero-order valence-electron chi connectivity index (χ0n) is 17.2. The number of benzene rings is 1. The van der Waals surface area contributed by atoms with Gasteiger partial charge in [-0.2, -0.15) is 0 Å². The van der Waals surface area contributed by atoms with Crippen molar-refractivity contribution in [1.82, 2.24) is 25.0 Å². The lowest BCUT2D eigenvalue weighted by atomic mass is 9.98. The van der Waals surface area contributed by atoms with E-state index in [4.69, 9.17) is 4.74 Å². The molecule has 2 N–H and O–H groups in total. The van der Waals surface area contributed by atoms with Crippen LogP contribution in [0.1, 0.15) is 11.6 Å². The first-order valence-corrected chi connectivity index (χ1v) is 10.5. The van der Waals surface area contributed by atoms with Gasteiger partial charge in [0.2, 0.25) is 5.91 Å². The van der Waals surface area contributed by atoms with E-state index in [0.717, 1.165) is 24.2 Å². The first-order chi connectivity index (χ1) is 15.1. The molecule has 2 atom stereocenters. The van der Waals surface area contributed by atoms with E-state index in [2.05, 4.69) is 32.7 Å². The molecule has 4 heterocycles. The zero-order valence-corrected chi connectivity index (χ0v) is 17.2. The molecular formula is C23H25N5O3. The van der Waals surface area contributed by atoms with Gasteiger partial charge in [-0.05, 0) is 30.3 Å². The van der Waals surface area contributed by atoms with Gasteiger partial charge in [0.15, 0.2) is 5.65 Å². The minimum absolute atomic E-state index is 0.0431. The molecule has 5 rings (SSSR count). The first kappa shape index (κ1) is 19.7. The van der Waals surface area contributed by atoms with E-state index in [0.29, 0.717) is 43.2 Å². The fourth-order valence-corrected chi connectivity index (χ4v) is 4.66. The second-order valence-corrected chi connectivity index (χ2v) is 8.04. The highest BCUT2D eigenvalue weighted by Crippen LogP contribution is 2.34. The van der Waals surface area contributed by atoms with Gasteiger partial charge in [0.1, 0.15) is 5.75 Å². The van der Waals surface area contributed by atoms with Crippen LogP contribution in [0.25, 0.3) is 22.3 Å². The van der Waals surface area contributed by atoms with E-state index < -0.39 is 0 Å². The van der Waals surface area contributed by atoms with Crippen LogP contribution in [0.15, 0.2) is 49.1 Å². The molecule has 3 aromatic rings. The summed E-state index contributed by atoms with van der Waals surface area (Å²) >= 11 is 0. The number of nitrogens with one attached hydrogen (secondary N) is 1.